The van der Waals surface area contributed by atoms with Crippen LogP contribution in [0.25, 0.3) is 0 Å². The number of ether oxygens (including phenoxy) is 1. The van der Waals surface area contributed by atoms with Gasteiger partial charge >= 0.3 is 0 Å². The van der Waals surface area contributed by atoms with Crippen LogP contribution in [0.1, 0.15) is 40.5 Å². The maximum Gasteiger partial charge on any atom is 0.257 e. The van der Waals surface area contributed by atoms with Crippen LogP contribution in [0, 0.1) is 11.8 Å². The Morgan fingerprint density at radius 1 is 1.05 bits per heavy atom. The van der Waals surface area contributed by atoms with E-state index in [9.17, 15) is 14.4 Å². The largest absolute Gasteiger partial charge is 0.496 e. The number of amides is 3. The molecule has 0 aromatic carbocycles. The number of hydrogen-bond acceptors (Lipinski definition) is 7. The Hall–Kier alpha value is -2.50. The second-order valence-electron chi connectivity index (χ2n) is 10.6. The molecular weight excluding hydrogens is 563 g/mol. The Bertz CT molecular complexity index is 1090. The molecule has 0 unspecified atom stereocenters. The standard InChI is InChI=1S/C30H45FN4O4S2/c1-9-22(19-33(6)7)29(37)34-13-15-35(16-14-34)30(38)24(25(39-8)17-20(3)4)18-26(31)41-27(10-2)40-21(5)32-28(36)23-11-12-23/h9-10,17-18,20,23,26H,5,11-16,19H2,1-4,6-8H3,(H,32,36)/b22-9+,24-18+,25-17+,27-10+/t26-/m1/s1. The number of allylic oxidation sites excluding steroid dienone is 3. The molecule has 41 heavy (non-hydrogen) atoms. The third kappa shape index (κ3) is 11.4. The molecule has 3 amide bonds. The second kappa shape index (κ2) is 16.8. The van der Waals surface area contributed by atoms with Gasteiger partial charge in [0.1, 0.15) is 5.76 Å². The van der Waals surface area contributed by atoms with E-state index in [2.05, 4.69) is 11.9 Å². The summed E-state index contributed by atoms with van der Waals surface area (Å²) >= 11 is 2.12. The van der Waals surface area contributed by atoms with Crippen molar-refractivity contribution in [3.8, 4) is 0 Å². The molecule has 1 aliphatic carbocycles. The highest BCUT2D eigenvalue weighted by Gasteiger charge is 2.31. The van der Waals surface area contributed by atoms with E-state index in [0.717, 1.165) is 24.6 Å². The smallest absolute Gasteiger partial charge is 0.257 e. The van der Waals surface area contributed by atoms with Gasteiger partial charge in [-0.2, -0.15) is 0 Å². The fourth-order valence-corrected chi connectivity index (χ4v) is 5.94. The molecule has 2 fully saturated rings. The molecule has 1 aliphatic heterocycles. The second-order valence-corrected chi connectivity index (χ2v) is 13.1. The van der Waals surface area contributed by atoms with E-state index in [1.165, 1.54) is 24.9 Å². The zero-order valence-electron chi connectivity index (χ0n) is 25.4. The van der Waals surface area contributed by atoms with Gasteiger partial charge in [0.05, 0.1) is 17.7 Å². The number of hydrogen-bond donors (Lipinski definition) is 1. The third-order valence-electron chi connectivity index (χ3n) is 6.36. The number of alkyl halides is 1. The van der Waals surface area contributed by atoms with E-state index >= 15 is 4.39 Å². The lowest BCUT2D eigenvalue weighted by Gasteiger charge is -2.36. The maximum atomic E-state index is 15.5. The van der Waals surface area contributed by atoms with Crippen molar-refractivity contribution in [1.82, 2.24) is 20.0 Å². The summed E-state index contributed by atoms with van der Waals surface area (Å²) in [7, 11) is 5.30. The topological polar surface area (TPSA) is 82.2 Å². The lowest BCUT2D eigenvalue weighted by Crippen LogP contribution is -2.51. The number of halogens is 1. The predicted octanol–water partition coefficient (Wildman–Crippen LogP) is 4.90. The van der Waals surface area contributed by atoms with E-state index in [-0.39, 0.29) is 35.1 Å². The number of carbonyl (C=O) groups excluding carboxylic acids is 3. The minimum absolute atomic E-state index is 0.0344. The third-order valence-corrected chi connectivity index (χ3v) is 8.51. The van der Waals surface area contributed by atoms with Crippen molar-refractivity contribution in [2.24, 2.45) is 11.8 Å². The summed E-state index contributed by atoms with van der Waals surface area (Å²) < 4.78 is 21.7. The quantitative estimate of drug-likeness (QED) is 0.171. The van der Waals surface area contributed by atoms with Crippen molar-refractivity contribution in [2.75, 3.05) is 53.9 Å². The molecule has 2 rings (SSSR count). The molecule has 1 N–H and O–H groups in total. The Balaban J connectivity index is 2.15. The number of thioether (sulfide) groups is 2. The van der Waals surface area contributed by atoms with Gasteiger partial charge in [-0.1, -0.05) is 56.1 Å². The molecule has 0 bridgehead atoms. The van der Waals surface area contributed by atoms with Gasteiger partial charge in [-0.25, -0.2) is 4.39 Å². The predicted molar refractivity (Wildman–Crippen MR) is 167 cm³/mol. The van der Waals surface area contributed by atoms with Crippen LogP contribution in [-0.4, -0.2) is 91.9 Å². The van der Waals surface area contributed by atoms with Gasteiger partial charge in [0, 0.05) is 48.5 Å². The zero-order valence-corrected chi connectivity index (χ0v) is 27.0. The molecule has 228 valence electrons. The summed E-state index contributed by atoms with van der Waals surface area (Å²) in [6.07, 6.45) is 8.42. The van der Waals surface area contributed by atoms with E-state index < -0.39 is 5.50 Å². The fraction of sp³-hybridized carbons (Fsp3) is 0.567. The Morgan fingerprint density at radius 3 is 2.10 bits per heavy atom. The number of methoxy groups -OCH3 is 1. The maximum absolute atomic E-state index is 15.5. The average molecular weight is 609 g/mol. The molecule has 1 heterocycles. The summed E-state index contributed by atoms with van der Waals surface area (Å²) in [6, 6.07) is 0. The Kier molecular flexibility index (Phi) is 14.2. The average Bonchev–Trinajstić information content (AvgIpc) is 3.78. The first kappa shape index (κ1) is 34.7. The van der Waals surface area contributed by atoms with Gasteiger partial charge in [-0.15, -0.1) is 0 Å². The van der Waals surface area contributed by atoms with Crippen molar-refractivity contribution in [3.05, 3.63) is 57.1 Å². The summed E-state index contributed by atoms with van der Waals surface area (Å²) in [5, 5.41) is 3.21. The first-order valence-electron chi connectivity index (χ1n) is 13.9. The van der Waals surface area contributed by atoms with Gasteiger partial charge in [-0.05, 0) is 58.9 Å². The normalized spacial score (nSPS) is 18.1. The highest BCUT2D eigenvalue weighted by Crippen LogP contribution is 2.38. The van der Waals surface area contributed by atoms with E-state index in [0.29, 0.717) is 53.3 Å². The SMILES string of the molecule is C=C(NC(=O)C1CC1)S/C(=C\C)S[C@@H](F)/C=C(C(=O)N1CCN(C(=O)/C(=C/C)CN(C)C)CC1)\C(=C/C(C)C)OC. The number of rotatable bonds is 14. The van der Waals surface area contributed by atoms with Gasteiger partial charge < -0.3 is 24.8 Å². The van der Waals surface area contributed by atoms with E-state index in [1.54, 1.807) is 28.9 Å². The van der Waals surface area contributed by atoms with Crippen LogP contribution in [0.2, 0.25) is 0 Å². The highest BCUT2D eigenvalue weighted by molar-refractivity contribution is 8.24. The monoisotopic (exact) mass is 608 g/mol. The summed E-state index contributed by atoms with van der Waals surface area (Å²) in [5.41, 5.74) is -0.706. The lowest BCUT2D eigenvalue weighted by atomic mass is 10.1. The fourth-order valence-electron chi connectivity index (χ4n) is 4.10. The molecule has 1 saturated carbocycles. The molecule has 0 radical (unpaired) electrons. The number of likely N-dealkylation sites (N-methyl/N-ethyl adjacent to an activating group) is 1. The minimum atomic E-state index is -1.56. The van der Waals surface area contributed by atoms with Crippen LogP contribution in [0.15, 0.2) is 57.1 Å². The first-order valence-corrected chi connectivity index (χ1v) is 15.6. The van der Waals surface area contributed by atoms with E-state index in [4.69, 9.17) is 4.74 Å². The summed E-state index contributed by atoms with van der Waals surface area (Å²) in [5.74, 6) is -0.0141. The molecule has 1 atom stereocenters. The van der Waals surface area contributed by atoms with Crippen LogP contribution < -0.4 is 5.32 Å². The molecule has 8 nitrogen and oxygen atoms in total. The van der Waals surface area contributed by atoms with Gasteiger partial charge in [0.15, 0.2) is 5.50 Å². The Morgan fingerprint density at radius 2 is 1.63 bits per heavy atom. The number of piperazine rings is 1. The summed E-state index contributed by atoms with van der Waals surface area (Å²) in [4.78, 5) is 44.1. The van der Waals surface area contributed by atoms with Gasteiger partial charge in [-0.3, -0.25) is 14.4 Å². The molecule has 0 spiro atoms. The Labute approximate surface area is 253 Å². The van der Waals surface area contributed by atoms with Crippen LogP contribution in [-0.2, 0) is 19.1 Å². The molecule has 11 heteroatoms. The molecule has 2 aliphatic rings. The van der Waals surface area contributed by atoms with Crippen molar-refractivity contribution >= 4 is 41.2 Å². The van der Waals surface area contributed by atoms with Crippen molar-refractivity contribution in [3.63, 3.8) is 0 Å². The van der Waals surface area contributed by atoms with Crippen LogP contribution in [0.5, 0.6) is 0 Å². The van der Waals surface area contributed by atoms with Gasteiger partial charge in [0.2, 0.25) is 5.91 Å². The zero-order chi connectivity index (χ0) is 30.7. The van der Waals surface area contributed by atoms with Crippen molar-refractivity contribution in [2.45, 2.75) is 46.0 Å². The molecular formula is C30H45FN4O4S2. The lowest BCUT2D eigenvalue weighted by molar-refractivity contribution is -0.135. The van der Waals surface area contributed by atoms with Crippen molar-refractivity contribution < 1.29 is 23.5 Å². The number of nitrogens with zero attached hydrogens (tertiary/aromatic N) is 3. The minimum Gasteiger partial charge on any atom is -0.496 e. The van der Waals surface area contributed by atoms with Crippen LogP contribution >= 0.6 is 23.5 Å². The van der Waals surface area contributed by atoms with Gasteiger partial charge in [0.25, 0.3) is 11.8 Å². The number of nitrogens with one attached hydrogen (secondary N) is 1. The molecule has 0 aromatic rings. The molecule has 1 saturated heterocycles. The first-order chi connectivity index (χ1) is 19.4. The van der Waals surface area contributed by atoms with Crippen molar-refractivity contribution in [1.29, 1.82) is 0 Å². The van der Waals surface area contributed by atoms with Crippen LogP contribution in [0.3, 0.4) is 0 Å². The summed E-state index contributed by atoms with van der Waals surface area (Å²) in [6.45, 7) is 13.4. The molecule has 0 aromatic heterocycles. The highest BCUT2D eigenvalue weighted by atomic mass is 32.2. The van der Waals surface area contributed by atoms with Crippen LogP contribution in [0.4, 0.5) is 4.39 Å². The number of carbonyl (C=O) groups is 3. The van der Waals surface area contributed by atoms with E-state index in [1.807, 2.05) is 45.8 Å².